The highest BCUT2D eigenvalue weighted by atomic mass is 16.1. The summed E-state index contributed by atoms with van der Waals surface area (Å²) in [5.41, 5.74) is -0.0724. The van der Waals surface area contributed by atoms with Gasteiger partial charge in [0.1, 0.15) is 0 Å². The van der Waals surface area contributed by atoms with Crippen LogP contribution in [0.2, 0.25) is 0 Å². The van der Waals surface area contributed by atoms with Gasteiger partial charge in [0.05, 0.1) is 0 Å². The van der Waals surface area contributed by atoms with E-state index in [9.17, 15) is 4.79 Å². The molecule has 0 atom stereocenters. The predicted octanol–water partition coefficient (Wildman–Crippen LogP) is 0.571. The SMILES string of the molecule is Cn1ccnc1-n1ccccc1=O. The van der Waals surface area contributed by atoms with E-state index in [0.29, 0.717) is 5.95 Å². The zero-order chi connectivity index (χ0) is 9.26. The lowest BCUT2D eigenvalue weighted by Crippen LogP contribution is -2.18. The summed E-state index contributed by atoms with van der Waals surface area (Å²) >= 11 is 0. The van der Waals surface area contributed by atoms with Crippen LogP contribution in [-0.2, 0) is 7.05 Å². The molecule has 2 rings (SSSR count). The third kappa shape index (κ3) is 1.26. The van der Waals surface area contributed by atoms with Crippen molar-refractivity contribution in [3.8, 4) is 5.95 Å². The summed E-state index contributed by atoms with van der Waals surface area (Å²) in [4.78, 5) is 15.5. The summed E-state index contributed by atoms with van der Waals surface area (Å²) < 4.78 is 3.29. The van der Waals surface area contributed by atoms with Gasteiger partial charge in [0.15, 0.2) is 0 Å². The van der Waals surface area contributed by atoms with Crippen LogP contribution in [0.25, 0.3) is 5.95 Å². The quantitative estimate of drug-likeness (QED) is 0.635. The monoisotopic (exact) mass is 175 g/mol. The number of hydrogen-bond acceptors (Lipinski definition) is 2. The average Bonchev–Trinajstić information content (AvgIpc) is 2.52. The largest absolute Gasteiger partial charge is 0.320 e. The van der Waals surface area contributed by atoms with Crippen molar-refractivity contribution < 1.29 is 0 Å². The third-order valence-corrected chi connectivity index (χ3v) is 1.83. The minimum Gasteiger partial charge on any atom is -0.320 e. The number of rotatable bonds is 1. The first kappa shape index (κ1) is 7.79. The van der Waals surface area contributed by atoms with Crippen LogP contribution >= 0.6 is 0 Å². The van der Waals surface area contributed by atoms with Gasteiger partial charge in [-0.3, -0.25) is 9.36 Å². The second kappa shape index (κ2) is 2.90. The van der Waals surface area contributed by atoms with E-state index in [1.165, 1.54) is 10.6 Å². The first-order chi connectivity index (χ1) is 6.29. The molecule has 4 nitrogen and oxygen atoms in total. The normalized spacial score (nSPS) is 10.2. The molecule has 0 aliphatic carbocycles. The van der Waals surface area contributed by atoms with Gasteiger partial charge in [0.25, 0.3) is 5.56 Å². The number of nitrogens with zero attached hydrogens (tertiary/aromatic N) is 3. The smallest absolute Gasteiger partial charge is 0.257 e. The molecular formula is C9H9N3O. The molecule has 0 spiro atoms. The highest BCUT2D eigenvalue weighted by molar-refractivity contribution is 5.14. The summed E-state index contributed by atoms with van der Waals surface area (Å²) in [6, 6.07) is 5.02. The van der Waals surface area contributed by atoms with Gasteiger partial charge in [0.2, 0.25) is 5.95 Å². The molecule has 0 N–H and O–H groups in total. The molecular weight excluding hydrogens is 166 g/mol. The summed E-state index contributed by atoms with van der Waals surface area (Å²) in [7, 11) is 1.85. The molecule has 0 radical (unpaired) electrons. The van der Waals surface area contributed by atoms with Gasteiger partial charge in [-0.2, -0.15) is 0 Å². The lowest BCUT2D eigenvalue weighted by Gasteiger charge is -2.02. The molecule has 0 fully saturated rings. The van der Waals surface area contributed by atoms with E-state index in [1.807, 2.05) is 7.05 Å². The fourth-order valence-corrected chi connectivity index (χ4v) is 1.18. The standard InChI is InChI=1S/C9H9N3O/c1-11-7-5-10-9(11)12-6-3-2-4-8(12)13/h2-7H,1H3. The Bertz CT molecular complexity index is 469. The van der Waals surface area contributed by atoms with E-state index in [-0.39, 0.29) is 5.56 Å². The van der Waals surface area contributed by atoms with Gasteiger partial charge >= 0.3 is 0 Å². The Kier molecular flexibility index (Phi) is 1.73. The summed E-state index contributed by atoms with van der Waals surface area (Å²) in [5.74, 6) is 0.630. The van der Waals surface area contributed by atoms with Crippen LogP contribution in [0.3, 0.4) is 0 Å². The Labute approximate surface area is 75.1 Å². The van der Waals surface area contributed by atoms with Gasteiger partial charge in [-0.05, 0) is 6.07 Å². The minimum atomic E-state index is -0.0724. The number of aromatic nitrogens is 3. The summed E-state index contributed by atoms with van der Waals surface area (Å²) in [5, 5.41) is 0. The van der Waals surface area contributed by atoms with Crippen LogP contribution < -0.4 is 5.56 Å². The van der Waals surface area contributed by atoms with Gasteiger partial charge in [-0.15, -0.1) is 0 Å². The molecule has 0 unspecified atom stereocenters. The zero-order valence-electron chi connectivity index (χ0n) is 7.21. The molecule has 0 bridgehead atoms. The first-order valence-corrected chi connectivity index (χ1v) is 3.94. The Morgan fingerprint density at radius 3 is 2.77 bits per heavy atom. The molecule has 13 heavy (non-hydrogen) atoms. The molecule has 0 amide bonds. The Morgan fingerprint density at radius 1 is 1.31 bits per heavy atom. The fraction of sp³-hybridized carbons (Fsp3) is 0.111. The van der Waals surface area contributed by atoms with Crippen molar-refractivity contribution in [3.63, 3.8) is 0 Å². The first-order valence-electron chi connectivity index (χ1n) is 3.94. The molecule has 0 aromatic carbocycles. The number of aryl methyl sites for hydroxylation is 1. The van der Waals surface area contributed by atoms with Crippen LogP contribution in [0, 0.1) is 0 Å². The maximum atomic E-state index is 11.4. The van der Waals surface area contributed by atoms with Gasteiger partial charge < -0.3 is 4.57 Å². The van der Waals surface area contributed by atoms with Crippen molar-refractivity contribution in [1.82, 2.24) is 14.1 Å². The molecule has 0 aliphatic heterocycles. The maximum Gasteiger partial charge on any atom is 0.257 e. The van der Waals surface area contributed by atoms with E-state index in [4.69, 9.17) is 0 Å². The Morgan fingerprint density at radius 2 is 2.15 bits per heavy atom. The van der Waals surface area contributed by atoms with Crippen LogP contribution in [0.5, 0.6) is 0 Å². The van der Waals surface area contributed by atoms with Crippen molar-refractivity contribution in [3.05, 3.63) is 47.1 Å². The molecule has 0 aliphatic rings. The van der Waals surface area contributed by atoms with Gasteiger partial charge in [-0.25, -0.2) is 4.98 Å². The molecule has 2 heterocycles. The average molecular weight is 175 g/mol. The van der Waals surface area contributed by atoms with Crippen molar-refractivity contribution in [2.45, 2.75) is 0 Å². The van der Waals surface area contributed by atoms with Crippen LogP contribution in [-0.4, -0.2) is 14.1 Å². The van der Waals surface area contributed by atoms with Crippen molar-refractivity contribution >= 4 is 0 Å². The van der Waals surface area contributed by atoms with Crippen LogP contribution in [0.15, 0.2) is 41.6 Å². The summed E-state index contributed by atoms with van der Waals surface area (Å²) in [6.07, 6.45) is 5.16. The second-order valence-corrected chi connectivity index (χ2v) is 2.75. The van der Waals surface area contributed by atoms with Crippen LogP contribution in [0.4, 0.5) is 0 Å². The molecule has 2 aromatic heterocycles. The minimum absolute atomic E-state index is 0.0724. The highest BCUT2D eigenvalue weighted by Gasteiger charge is 2.01. The molecule has 4 heteroatoms. The molecule has 0 saturated carbocycles. The van der Waals surface area contributed by atoms with E-state index >= 15 is 0 Å². The van der Waals surface area contributed by atoms with Crippen LogP contribution in [0.1, 0.15) is 0 Å². The van der Waals surface area contributed by atoms with E-state index in [1.54, 1.807) is 35.3 Å². The number of pyridine rings is 1. The van der Waals surface area contributed by atoms with Gasteiger partial charge in [-0.1, -0.05) is 6.07 Å². The van der Waals surface area contributed by atoms with Crippen molar-refractivity contribution in [1.29, 1.82) is 0 Å². The molecule has 2 aromatic rings. The zero-order valence-corrected chi connectivity index (χ0v) is 7.21. The van der Waals surface area contributed by atoms with E-state index in [0.717, 1.165) is 0 Å². The van der Waals surface area contributed by atoms with Crippen molar-refractivity contribution in [2.24, 2.45) is 7.05 Å². The lowest BCUT2D eigenvalue weighted by molar-refractivity contribution is 0.798. The fourth-order valence-electron chi connectivity index (χ4n) is 1.18. The Hall–Kier alpha value is -1.84. The third-order valence-electron chi connectivity index (χ3n) is 1.83. The lowest BCUT2D eigenvalue weighted by atomic mass is 10.5. The molecule has 0 saturated heterocycles. The molecule has 66 valence electrons. The topological polar surface area (TPSA) is 39.8 Å². The van der Waals surface area contributed by atoms with Gasteiger partial charge in [0, 0.05) is 31.7 Å². The second-order valence-electron chi connectivity index (χ2n) is 2.75. The number of imidazole rings is 1. The van der Waals surface area contributed by atoms with E-state index < -0.39 is 0 Å². The van der Waals surface area contributed by atoms with Crippen molar-refractivity contribution in [2.75, 3.05) is 0 Å². The summed E-state index contributed by atoms with van der Waals surface area (Å²) in [6.45, 7) is 0. The Balaban J connectivity index is 2.66. The number of hydrogen-bond donors (Lipinski definition) is 0. The predicted molar refractivity (Wildman–Crippen MR) is 48.8 cm³/mol. The highest BCUT2D eigenvalue weighted by Crippen LogP contribution is 1.98. The maximum absolute atomic E-state index is 11.4. The van der Waals surface area contributed by atoms with E-state index in [2.05, 4.69) is 4.98 Å².